The van der Waals surface area contributed by atoms with E-state index in [9.17, 15) is 9.90 Å². The third kappa shape index (κ3) is 5.35. The highest BCUT2D eigenvalue weighted by molar-refractivity contribution is 5.71. The highest BCUT2D eigenvalue weighted by Crippen LogP contribution is 2.27. The largest absolute Gasteiger partial charge is 0.413 e. The van der Waals surface area contributed by atoms with Gasteiger partial charge >= 0.3 is 6.09 Å². The fourth-order valence-electron chi connectivity index (χ4n) is 4.00. The van der Waals surface area contributed by atoms with E-state index in [-0.39, 0.29) is 12.6 Å². The monoisotopic (exact) mass is 385 g/mol. The number of hydrogen-bond acceptors (Lipinski definition) is 4. The Morgan fingerprint density at radius 1 is 1.29 bits per heavy atom. The quantitative estimate of drug-likeness (QED) is 0.712. The number of amides is 1. The molecule has 1 aliphatic carbocycles. The Morgan fingerprint density at radius 2 is 2.04 bits per heavy atom. The normalized spacial score (nSPS) is 15.9. The van der Waals surface area contributed by atoms with Crippen LogP contribution in [0.15, 0.2) is 36.5 Å². The highest BCUT2D eigenvalue weighted by Gasteiger charge is 2.22. The van der Waals surface area contributed by atoms with Crippen LogP contribution in [0, 0.1) is 5.92 Å². The van der Waals surface area contributed by atoms with Crippen LogP contribution in [0.1, 0.15) is 57.6 Å². The molecule has 1 aliphatic rings. The fraction of sp³-hybridized carbons (Fsp3) is 0.545. The number of hydrogen-bond donors (Lipinski definition) is 2. The van der Waals surface area contributed by atoms with Gasteiger partial charge in [-0.3, -0.25) is 0 Å². The van der Waals surface area contributed by atoms with Crippen LogP contribution in [0.2, 0.25) is 0 Å². The number of nitrogens with zero attached hydrogens (tertiary/aromatic N) is 2. The number of aromatic nitrogens is 2. The Kier molecular flexibility index (Phi) is 7.48. The topological polar surface area (TPSA) is 76.4 Å². The van der Waals surface area contributed by atoms with Crippen molar-refractivity contribution in [3.8, 4) is 11.4 Å². The number of nitrogens with one attached hydrogen (secondary N) is 1. The first-order valence-corrected chi connectivity index (χ1v) is 10.4. The van der Waals surface area contributed by atoms with Crippen molar-refractivity contribution in [2.75, 3.05) is 6.61 Å². The molecule has 1 unspecified atom stereocenters. The molecule has 1 saturated carbocycles. The molecule has 0 saturated heterocycles. The standard InChI is InChI=1S/C22H31N3O3/c1-2-9-20-21(15-23-25(20)19-12-7-4-8-13-19)28-22(27)24-18(16-26)14-17-10-5-3-6-11-17/h4,7-8,12-13,15,17-18,26H,2-3,5-6,9-11,14,16H2,1H3,(H,24,27). The van der Waals surface area contributed by atoms with Gasteiger partial charge in [0.05, 0.1) is 30.2 Å². The summed E-state index contributed by atoms with van der Waals surface area (Å²) in [5, 5.41) is 16.9. The Hall–Kier alpha value is -2.34. The molecule has 152 valence electrons. The zero-order chi connectivity index (χ0) is 19.8. The number of aliphatic hydroxyl groups is 1. The predicted molar refractivity (Wildman–Crippen MR) is 109 cm³/mol. The molecule has 1 amide bonds. The maximum atomic E-state index is 12.4. The van der Waals surface area contributed by atoms with Crippen LogP contribution in [0.4, 0.5) is 4.79 Å². The number of carbonyl (C=O) groups is 1. The molecule has 1 aromatic carbocycles. The minimum absolute atomic E-state index is 0.0727. The lowest BCUT2D eigenvalue weighted by Crippen LogP contribution is -2.40. The van der Waals surface area contributed by atoms with E-state index in [1.807, 2.05) is 35.0 Å². The van der Waals surface area contributed by atoms with Crippen LogP contribution in [0.3, 0.4) is 0 Å². The second kappa shape index (κ2) is 10.3. The first-order valence-electron chi connectivity index (χ1n) is 10.4. The summed E-state index contributed by atoms with van der Waals surface area (Å²) < 4.78 is 7.39. The molecule has 1 heterocycles. The summed E-state index contributed by atoms with van der Waals surface area (Å²) in [4.78, 5) is 12.4. The number of carbonyl (C=O) groups excluding carboxylic acids is 1. The van der Waals surface area contributed by atoms with Gasteiger partial charge in [0, 0.05) is 0 Å². The Bertz CT molecular complexity index is 739. The molecule has 0 spiro atoms. The summed E-state index contributed by atoms with van der Waals surface area (Å²) in [6, 6.07) is 9.55. The van der Waals surface area contributed by atoms with E-state index in [1.54, 1.807) is 6.20 Å². The van der Waals surface area contributed by atoms with Gasteiger partial charge in [0.25, 0.3) is 0 Å². The van der Waals surface area contributed by atoms with Crippen LogP contribution in [0.25, 0.3) is 5.69 Å². The van der Waals surface area contributed by atoms with E-state index in [0.29, 0.717) is 11.7 Å². The van der Waals surface area contributed by atoms with Crippen molar-refractivity contribution in [1.29, 1.82) is 0 Å². The van der Waals surface area contributed by atoms with Crippen molar-refractivity contribution in [2.24, 2.45) is 5.92 Å². The van der Waals surface area contributed by atoms with Gasteiger partial charge < -0.3 is 15.2 Å². The molecule has 1 atom stereocenters. The lowest BCUT2D eigenvalue weighted by molar-refractivity contribution is 0.170. The molecule has 2 N–H and O–H groups in total. The molecule has 1 fully saturated rings. The van der Waals surface area contributed by atoms with Crippen LogP contribution < -0.4 is 10.1 Å². The van der Waals surface area contributed by atoms with Crippen molar-refractivity contribution in [3.63, 3.8) is 0 Å². The van der Waals surface area contributed by atoms with Crippen LogP contribution >= 0.6 is 0 Å². The van der Waals surface area contributed by atoms with Crippen molar-refractivity contribution in [3.05, 3.63) is 42.2 Å². The molecule has 0 bridgehead atoms. The zero-order valence-corrected chi connectivity index (χ0v) is 16.6. The first kappa shape index (κ1) is 20.4. The molecule has 28 heavy (non-hydrogen) atoms. The van der Waals surface area contributed by atoms with Crippen LogP contribution in [-0.2, 0) is 6.42 Å². The Labute approximate surface area is 166 Å². The summed E-state index contributed by atoms with van der Waals surface area (Å²) in [6.07, 6.45) is 9.67. The number of para-hydroxylation sites is 1. The molecular weight excluding hydrogens is 354 g/mol. The molecule has 0 radical (unpaired) electrons. The Morgan fingerprint density at radius 3 is 2.71 bits per heavy atom. The number of ether oxygens (including phenoxy) is 1. The molecule has 3 rings (SSSR count). The maximum absolute atomic E-state index is 12.4. The third-order valence-corrected chi connectivity index (χ3v) is 5.41. The van der Waals surface area contributed by atoms with E-state index in [0.717, 1.165) is 30.6 Å². The van der Waals surface area contributed by atoms with Gasteiger partial charge in [-0.25, -0.2) is 9.48 Å². The van der Waals surface area contributed by atoms with Crippen molar-refractivity contribution >= 4 is 6.09 Å². The first-order chi connectivity index (χ1) is 13.7. The molecule has 6 nitrogen and oxygen atoms in total. The fourth-order valence-corrected chi connectivity index (χ4v) is 4.00. The molecule has 1 aromatic heterocycles. The van der Waals surface area contributed by atoms with Crippen LogP contribution in [-0.4, -0.2) is 33.6 Å². The SMILES string of the molecule is CCCc1c(OC(=O)NC(CO)CC2CCCCC2)cnn1-c1ccccc1. The minimum atomic E-state index is -0.528. The van der Waals surface area contributed by atoms with Gasteiger partial charge in [0.1, 0.15) is 0 Å². The average Bonchev–Trinajstić information content (AvgIpc) is 3.11. The smallest absolute Gasteiger partial charge is 0.407 e. The van der Waals surface area contributed by atoms with Gasteiger partial charge in [0.2, 0.25) is 0 Å². The summed E-state index contributed by atoms with van der Waals surface area (Å²) in [6.45, 7) is 2.01. The lowest BCUT2D eigenvalue weighted by atomic mass is 9.85. The zero-order valence-electron chi connectivity index (χ0n) is 16.6. The number of benzene rings is 1. The summed E-state index contributed by atoms with van der Waals surface area (Å²) in [7, 11) is 0. The van der Waals surface area contributed by atoms with E-state index >= 15 is 0 Å². The number of aliphatic hydroxyl groups excluding tert-OH is 1. The third-order valence-electron chi connectivity index (χ3n) is 5.41. The maximum Gasteiger partial charge on any atom is 0.413 e. The van der Waals surface area contributed by atoms with Crippen molar-refractivity contribution in [1.82, 2.24) is 15.1 Å². The van der Waals surface area contributed by atoms with Gasteiger partial charge in [-0.15, -0.1) is 0 Å². The van der Waals surface area contributed by atoms with E-state index < -0.39 is 6.09 Å². The highest BCUT2D eigenvalue weighted by atomic mass is 16.6. The van der Waals surface area contributed by atoms with Crippen molar-refractivity contribution < 1.29 is 14.6 Å². The molecule has 6 heteroatoms. The summed E-state index contributed by atoms with van der Waals surface area (Å²) in [5.74, 6) is 1.04. The Balaban J connectivity index is 1.65. The van der Waals surface area contributed by atoms with Crippen molar-refractivity contribution in [2.45, 2.75) is 64.3 Å². The molecule has 2 aromatic rings. The second-order valence-corrected chi connectivity index (χ2v) is 7.61. The van der Waals surface area contributed by atoms with Gasteiger partial charge in [-0.05, 0) is 30.9 Å². The second-order valence-electron chi connectivity index (χ2n) is 7.61. The summed E-state index contributed by atoms with van der Waals surface area (Å²) in [5.41, 5.74) is 1.81. The van der Waals surface area contributed by atoms with Gasteiger partial charge in [-0.1, -0.05) is 63.6 Å². The minimum Gasteiger partial charge on any atom is -0.407 e. The van der Waals surface area contributed by atoms with E-state index in [2.05, 4.69) is 17.3 Å². The molecule has 0 aliphatic heterocycles. The van der Waals surface area contributed by atoms with Gasteiger partial charge in [-0.2, -0.15) is 5.10 Å². The van der Waals surface area contributed by atoms with Gasteiger partial charge in [0.15, 0.2) is 5.75 Å². The van der Waals surface area contributed by atoms with Crippen LogP contribution in [0.5, 0.6) is 5.75 Å². The average molecular weight is 386 g/mol. The van der Waals surface area contributed by atoms with E-state index in [1.165, 1.54) is 32.1 Å². The predicted octanol–water partition coefficient (Wildman–Crippen LogP) is 4.24. The van der Waals surface area contributed by atoms with E-state index in [4.69, 9.17) is 4.74 Å². The summed E-state index contributed by atoms with van der Waals surface area (Å²) >= 11 is 0. The molecular formula is C22H31N3O3. The lowest BCUT2D eigenvalue weighted by Gasteiger charge is -2.25. The number of rotatable bonds is 8.